The molecule has 0 saturated heterocycles. The fraction of sp³-hybridized carbons (Fsp3) is 0.222. The average Bonchev–Trinajstić information content (AvgIpc) is 2.16. The van der Waals surface area contributed by atoms with E-state index in [2.05, 4.69) is 0 Å². The van der Waals surface area contributed by atoms with Crippen molar-refractivity contribution >= 4 is 5.97 Å². The van der Waals surface area contributed by atoms with Crippen molar-refractivity contribution in [1.29, 1.82) is 0 Å². The summed E-state index contributed by atoms with van der Waals surface area (Å²) in [7, 11) is 2.93. The van der Waals surface area contributed by atoms with Crippen LogP contribution in [0, 0.1) is 0 Å². The van der Waals surface area contributed by atoms with E-state index in [1.165, 1.54) is 26.4 Å². The van der Waals surface area contributed by atoms with Crippen molar-refractivity contribution < 1.29 is 38.9 Å². The van der Waals surface area contributed by atoms with E-state index in [-0.39, 0.29) is 25.0 Å². The Morgan fingerprint density at radius 1 is 1.29 bits per heavy atom. The Labute approximate surface area is 94.6 Å². The van der Waals surface area contributed by atoms with E-state index in [0.29, 0.717) is 11.5 Å². The molecule has 1 rings (SSSR count). The Kier molecular flexibility index (Phi) is 5.17. The normalized spacial score (nSPS) is 8.71. The van der Waals surface area contributed by atoms with Crippen LogP contribution in [-0.4, -0.2) is 25.3 Å². The van der Waals surface area contributed by atoms with Crippen LogP contribution >= 0.6 is 0 Å². The topological polar surface area (TPSA) is 55.8 Å². The van der Waals surface area contributed by atoms with Crippen molar-refractivity contribution in [3.63, 3.8) is 0 Å². The van der Waals surface area contributed by atoms with E-state index in [1.54, 1.807) is 6.07 Å². The maximum atomic E-state index is 10.7. The van der Waals surface area contributed by atoms with Gasteiger partial charge in [0.25, 0.3) is 0 Å². The van der Waals surface area contributed by atoms with Gasteiger partial charge in [0, 0.05) is 25.5 Å². The van der Waals surface area contributed by atoms with Crippen molar-refractivity contribution in [2.24, 2.45) is 0 Å². The molecule has 0 fully saturated rings. The van der Waals surface area contributed by atoms with Crippen LogP contribution in [0.4, 0.5) is 0 Å². The molecular formula is C9H10O4Zn. The second kappa shape index (κ2) is 5.60. The molecule has 1 N–H and O–H groups in total. The molecule has 1 aromatic rings. The number of rotatable bonds is 3. The minimum atomic E-state index is -1.01. The largest absolute Gasteiger partial charge is 0.497 e. The summed E-state index contributed by atoms with van der Waals surface area (Å²) in [5, 5.41) is 8.74. The van der Waals surface area contributed by atoms with Crippen molar-refractivity contribution in [2.45, 2.75) is 0 Å². The number of benzene rings is 1. The van der Waals surface area contributed by atoms with Gasteiger partial charge in [-0.25, -0.2) is 4.79 Å². The number of carbonyl (C=O) groups is 1. The van der Waals surface area contributed by atoms with E-state index in [0.717, 1.165) is 0 Å². The first-order chi connectivity index (χ1) is 6.19. The average molecular weight is 248 g/mol. The molecule has 0 heterocycles. The Morgan fingerprint density at radius 3 is 2.36 bits per heavy atom. The van der Waals surface area contributed by atoms with E-state index in [9.17, 15) is 4.79 Å². The Bertz CT molecular complexity index is 325. The van der Waals surface area contributed by atoms with Crippen LogP contribution < -0.4 is 9.47 Å². The molecule has 0 bridgehead atoms. The van der Waals surface area contributed by atoms with Gasteiger partial charge in [-0.2, -0.15) is 0 Å². The summed E-state index contributed by atoms with van der Waals surface area (Å²) in [6.07, 6.45) is 0. The van der Waals surface area contributed by atoms with Crippen LogP contribution in [0.15, 0.2) is 18.2 Å². The van der Waals surface area contributed by atoms with E-state index in [1.807, 2.05) is 0 Å². The molecule has 5 heteroatoms. The van der Waals surface area contributed by atoms with Gasteiger partial charge >= 0.3 is 5.97 Å². The minimum Gasteiger partial charge on any atom is -0.497 e. The van der Waals surface area contributed by atoms with Crippen molar-refractivity contribution in [3.8, 4) is 11.5 Å². The predicted molar refractivity (Wildman–Crippen MR) is 46.5 cm³/mol. The van der Waals surface area contributed by atoms with E-state index < -0.39 is 5.97 Å². The zero-order valence-corrected chi connectivity index (χ0v) is 11.1. The summed E-state index contributed by atoms with van der Waals surface area (Å²) in [6.45, 7) is 0. The quantitative estimate of drug-likeness (QED) is 0.821. The fourth-order valence-corrected chi connectivity index (χ4v) is 0.975. The molecule has 0 radical (unpaired) electrons. The molecule has 0 aliphatic carbocycles. The molecule has 0 unspecified atom stereocenters. The van der Waals surface area contributed by atoms with Gasteiger partial charge in [-0.05, 0) is 12.1 Å². The second-order valence-corrected chi connectivity index (χ2v) is 2.37. The Balaban J connectivity index is 0.00000169. The fourth-order valence-electron chi connectivity index (χ4n) is 0.975. The molecule has 72 valence electrons. The van der Waals surface area contributed by atoms with Crippen molar-refractivity contribution in [2.75, 3.05) is 14.2 Å². The number of carboxylic acids is 1. The van der Waals surface area contributed by atoms with Crippen LogP contribution in [-0.2, 0) is 19.5 Å². The van der Waals surface area contributed by atoms with Crippen LogP contribution in [0.25, 0.3) is 0 Å². The van der Waals surface area contributed by atoms with Gasteiger partial charge in [0.05, 0.1) is 14.2 Å². The van der Waals surface area contributed by atoms with Crippen LogP contribution in [0.3, 0.4) is 0 Å². The zero-order chi connectivity index (χ0) is 9.84. The maximum Gasteiger partial charge on any atom is 0.339 e. The van der Waals surface area contributed by atoms with Crippen LogP contribution in [0.1, 0.15) is 10.4 Å². The summed E-state index contributed by atoms with van der Waals surface area (Å²) >= 11 is 0. The number of hydrogen-bond donors (Lipinski definition) is 1. The SMILES string of the molecule is COc1ccc(C(=O)O)c(OC)c1.[Zn]. The molecule has 4 nitrogen and oxygen atoms in total. The molecule has 0 aliphatic rings. The van der Waals surface area contributed by atoms with Gasteiger partial charge < -0.3 is 14.6 Å². The standard InChI is InChI=1S/C9H10O4.Zn/c1-12-6-3-4-7(9(10)11)8(5-6)13-2;/h3-5H,1-2H3,(H,10,11);. The third-order valence-corrected chi connectivity index (χ3v) is 1.64. The van der Waals surface area contributed by atoms with Gasteiger partial charge in [-0.3, -0.25) is 0 Å². The molecular weight excluding hydrogens is 237 g/mol. The molecule has 0 atom stereocenters. The van der Waals surface area contributed by atoms with E-state index >= 15 is 0 Å². The first-order valence-corrected chi connectivity index (χ1v) is 3.64. The third kappa shape index (κ3) is 2.70. The minimum absolute atomic E-state index is 0. The maximum absolute atomic E-state index is 10.7. The molecule has 14 heavy (non-hydrogen) atoms. The number of ether oxygens (including phenoxy) is 2. The third-order valence-electron chi connectivity index (χ3n) is 1.64. The first kappa shape index (κ1) is 12.9. The summed E-state index contributed by atoms with van der Waals surface area (Å²) in [5.41, 5.74) is 0.128. The van der Waals surface area contributed by atoms with Gasteiger partial charge in [-0.15, -0.1) is 0 Å². The van der Waals surface area contributed by atoms with Gasteiger partial charge in [-0.1, -0.05) is 0 Å². The molecule has 0 aromatic heterocycles. The summed E-state index contributed by atoms with van der Waals surface area (Å²) in [4.78, 5) is 10.7. The molecule has 0 aliphatic heterocycles. The smallest absolute Gasteiger partial charge is 0.339 e. The van der Waals surface area contributed by atoms with Crippen LogP contribution in [0.2, 0.25) is 0 Å². The predicted octanol–water partition coefficient (Wildman–Crippen LogP) is 1.40. The molecule has 0 saturated carbocycles. The molecule has 0 amide bonds. The number of carboxylic acid groups (broad SMARTS) is 1. The monoisotopic (exact) mass is 246 g/mol. The van der Waals surface area contributed by atoms with Gasteiger partial charge in [0.15, 0.2) is 0 Å². The molecule has 1 aromatic carbocycles. The number of aromatic carboxylic acids is 1. The van der Waals surface area contributed by atoms with E-state index in [4.69, 9.17) is 14.6 Å². The van der Waals surface area contributed by atoms with Crippen LogP contribution in [0.5, 0.6) is 11.5 Å². The summed E-state index contributed by atoms with van der Waals surface area (Å²) in [5.74, 6) is -0.145. The zero-order valence-electron chi connectivity index (χ0n) is 8.11. The summed E-state index contributed by atoms with van der Waals surface area (Å²) < 4.78 is 9.81. The number of methoxy groups -OCH3 is 2. The first-order valence-electron chi connectivity index (χ1n) is 3.64. The van der Waals surface area contributed by atoms with Gasteiger partial charge in [0.1, 0.15) is 17.1 Å². The Morgan fingerprint density at radius 2 is 1.93 bits per heavy atom. The van der Waals surface area contributed by atoms with Crippen molar-refractivity contribution in [3.05, 3.63) is 23.8 Å². The molecule has 0 spiro atoms. The number of hydrogen-bond acceptors (Lipinski definition) is 3. The van der Waals surface area contributed by atoms with Gasteiger partial charge in [0.2, 0.25) is 0 Å². The summed E-state index contributed by atoms with van der Waals surface area (Å²) in [6, 6.07) is 4.55. The second-order valence-electron chi connectivity index (χ2n) is 2.37. The Hall–Kier alpha value is -1.09. The van der Waals surface area contributed by atoms with Crippen molar-refractivity contribution in [1.82, 2.24) is 0 Å².